The Bertz CT molecular complexity index is 278. The van der Waals surface area contributed by atoms with Crippen LogP contribution in [0.4, 0.5) is 0 Å². The van der Waals surface area contributed by atoms with Crippen LogP contribution in [0.15, 0.2) is 36.9 Å². The minimum atomic E-state index is 0. The molecular weight excluding hydrogens is 132 g/mol. The molecule has 0 bridgehead atoms. The highest BCUT2D eigenvalue weighted by Gasteiger charge is 2.17. The third kappa shape index (κ3) is 0.988. The summed E-state index contributed by atoms with van der Waals surface area (Å²) < 4.78 is 0. The zero-order valence-corrected chi connectivity index (χ0v) is 6.59. The maximum absolute atomic E-state index is 3.84. The van der Waals surface area contributed by atoms with Gasteiger partial charge in [0.2, 0.25) is 0 Å². The van der Waals surface area contributed by atoms with Crippen LogP contribution in [0.2, 0.25) is 0 Å². The Morgan fingerprint density at radius 3 is 3.09 bits per heavy atom. The molecule has 1 aromatic rings. The number of hydrogen-bond donors (Lipinski definition) is 0. The zero-order chi connectivity index (χ0) is 7.68. The molecule has 0 nitrogen and oxygen atoms in total. The van der Waals surface area contributed by atoms with Crippen molar-refractivity contribution in [3.63, 3.8) is 0 Å². The van der Waals surface area contributed by atoms with Crippen LogP contribution in [-0.2, 0) is 6.42 Å². The molecule has 1 atom stereocenters. The Hall–Kier alpha value is -1.04. The van der Waals surface area contributed by atoms with Crippen LogP contribution < -0.4 is 0 Å². The fourth-order valence-corrected chi connectivity index (χ4v) is 1.83. The second-order valence-corrected chi connectivity index (χ2v) is 3.08. The van der Waals surface area contributed by atoms with Crippen molar-refractivity contribution in [1.29, 1.82) is 0 Å². The van der Waals surface area contributed by atoms with E-state index in [2.05, 4.69) is 36.9 Å². The summed E-state index contributed by atoms with van der Waals surface area (Å²) >= 11 is 0. The van der Waals surface area contributed by atoms with Gasteiger partial charge in [-0.2, -0.15) is 0 Å². The maximum atomic E-state index is 3.84. The number of aryl methyl sites for hydroxylation is 1. The highest BCUT2D eigenvalue weighted by atomic mass is 14.2. The van der Waals surface area contributed by atoms with Crippen LogP contribution in [0.3, 0.4) is 0 Å². The van der Waals surface area contributed by atoms with Crippen molar-refractivity contribution in [2.75, 3.05) is 0 Å². The second-order valence-electron chi connectivity index (χ2n) is 3.08. The predicted octanol–water partition coefficient (Wildman–Crippen LogP) is 3.15. The minimum absolute atomic E-state index is 0. The molecule has 0 spiro atoms. The van der Waals surface area contributed by atoms with Gasteiger partial charge in [0.05, 0.1) is 0 Å². The molecule has 0 saturated carbocycles. The molecule has 1 aliphatic carbocycles. The van der Waals surface area contributed by atoms with E-state index in [0.29, 0.717) is 5.92 Å². The predicted molar refractivity (Wildman–Crippen MR) is 49.8 cm³/mol. The van der Waals surface area contributed by atoms with E-state index in [1.165, 1.54) is 24.0 Å². The molecule has 0 fully saturated rings. The van der Waals surface area contributed by atoms with Crippen molar-refractivity contribution < 1.29 is 1.43 Å². The lowest BCUT2D eigenvalue weighted by molar-refractivity contribution is 0.816. The van der Waals surface area contributed by atoms with E-state index in [-0.39, 0.29) is 1.43 Å². The molecule has 0 N–H and O–H groups in total. The van der Waals surface area contributed by atoms with E-state index in [1.807, 2.05) is 0 Å². The van der Waals surface area contributed by atoms with E-state index in [0.717, 1.165) is 0 Å². The van der Waals surface area contributed by atoms with Crippen molar-refractivity contribution in [3.05, 3.63) is 48.0 Å². The standard InChI is InChI=1S/C11H12.H2/c1-2-9-7-8-10-5-3-4-6-11(9)10;/h2-6,9H,1,7-8H2;1H. The molecule has 0 amide bonds. The van der Waals surface area contributed by atoms with Crippen LogP contribution in [0.1, 0.15) is 24.9 Å². The summed E-state index contributed by atoms with van der Waals surface area (Å²) in [6, 6.07) is 8.67. The van der Waals surface area contributed by atoms with E-state index in [9.17, 15) is 0 Å². The van der Waals surface area contributed by atoms with Gasteiger partial charge in [-0.3, -0.25) is 0 Å². The summed E-state index contributed by atoms with van der Waals surface area (Å²) in [5, 5.41) is 0. The number of hydrogen-bond acceptors (Lipinski definition) is 0. The van der Waals surface area contributed by atoms with Crippen molar-refractivity contribution in [3.8, 4) is 0 Å². The van der Waals surface area contributed by atoms with Crippen LogP contribution in [0.5, 0.6) is 0 Å². The molecule has 0 heterocycles. The summed E-state index contributed by atoms with van der Waals surface area (Å²) in [4.78, 5) is 0. The van der Waals surface area contributed by atoms with Crippen molar-refractivity contribution in [2.24, 2.45) is 0 Å². The molecule has 0 saturated heterocycles. The smallest absolute Gasteiger partial charge is 0.00211 e. The molecular formula is C11H14. The molecule has 1 unspecified atom stereocenters. The third-order valence-electron chi connectivity index (χ3n) is 2.46. The monoisotopic (exact) mass is 146 g/mol. The topological polar surface area (TPSA) is 0 Å². The normalized spacial score (nSPS) is 21.3. The van der Waals surface area contributed by atoms with E-state index >= 15 is 0 Å². The molecule has 0 heteroatoms. The van der Waals surface area contributed by atoms with Crippen molar-refractivity contribution in [2.45, 2.75) is 18.8 Å². The molecule has 58 valence electrons. The molecule has 0 aromatic heterocycles. The molecule has 0 aliphatic heterocycles. The number of rotatable bonds is 1. The number of benzene rings is 1. The summed E-state index contributed by atoms with van der Waals surface area (Å²) in [5.74, 6) is 0.617. The highest BCUT2D eigenvalue weighted by Crippen LogP contribution is 2.32. The second kappa shape index (κ2) is 2.54. The fourth-order valence-electron chi connectivity index (χ4n) is 1.83. The Morgan fingerprint density at radius 2 is 2.27 bits per heavy atom. The molecule has 1 aliphatic rings. The Kier molecular flexibility index (Phi) is 1.54. The Morgan fingerprint density at radius 1 is 1.45 bits per heavy atom. The van der Waals surface area contributed by atoms with E-state index < -0.39 is 0 Å². The number of allylic oxidation sites excluding steroid dienone is 1. The van der Waals surface area contributed by atoms with Gasteiger partial charge < -0.3 is 0 Å². The molecule has 11 heavy (non-hydrogen) atoms. The first-order chi connectivity index (χ1) is 5.42. The van der Waals surface area contributed by atoms with E-state index in [1.54, 1.807) is 0 Å². The van der Waals surface area contributed by atoms with Crippen LogP contribution >= 0.6 is 0 Å². The molecule has 2 rings (SSSR count). The summed E-state index contributed by atoms with van der Waals surface area (Å²) in [6.07, 6.45) is 4.54. The first-order valence-electron chi connectivity index (χ1n) is 4.12. The van der Waals surface area contributed by atoms with Crippen molar-refractivity contribution in [1.82, 2.24) is 0 Å². The van der Waals surface area contributed by atoms with E-state index in [4.69, 9.17) is 0 Å². The summed E-state index contributed by atoms with van der Waals surface area (Å²) in [6.45, 7) is 3.84. The lowest BCUT2D eigenvalue weighted by atomic mass is 10.0. The SMILES string of the molecule is C=CC1CCc2ccccc21.[HH]. The number of fused-ring (bicyclic) bond motifs is 1. The van der Waals surface area contributed by atoms with Crippen LogP contribution in [0, 0.1) is 0 Å². The average Bonchev–Trinajstić information content (AvgIpc) is 2.47. The fraction of sp³-hybridized carbons (Fsp3) is 0.273. The van der Waals surface area contributed by atoms with Crippen molar-refractivity contribution >= 4 is 0 Å². The van der Waals surface area contributed by atoms with Gasteiger partial charge in [0.1, 0.15) is 0 Å². The highest BCUT2D eigenvalue weighted by molar-refractivity contribution is 5.36. The van der Waals surface area contributed by atoms with Crippen LogP contribution in [0.25, 0.3) is 0 Å². The van der Waals surface area contributed by atoms with Gasteiger partial charge in [0.15, 0.2) is 0 Å². The molecule has 1 aromatic carbocycles. The summed E-state index contributed by atoms with van der Waals surface area (Å²) in [5.41, 5.74) is 3.00. The van der Waals surface area contributed by atoms with Gasteiger partial charge in [0, 0.05) is 7.34 Å². The van der Waals surface area contributed by atoms with Gasteiger partial charge in [-0.1, -0.05) is 30.3 Å². The van der Waals surface area contributed by atoms with Gasteiger partial charge in [-0.25, -0.2) is 0 Å². The first kappa shape index (κ1) is 6.66. The lowest BCUT2D eigenvalue weighted by Gasteiger charge is -2.03. The Labute approximate surface area is 69.0 Å². The van der Waals surface area contributed by atoms with Gasteiger partial charge >= 0.3 is 0 Å². The zero-order valence-electron chi connectivity index (χ0n) is 6.59. The maximum Gasteiger partial charge on any atom is 0.00211 e. The largest absolute Gasteiger partial charge is 0.102 e. The summed E-state index contributed by atoms with van der Waals surface area (Å²) in [7, 11) is 0. The van der Waals surface area contributed by atoms with Crippen LogP contribution in [-0.4, -0.2) is 0 Å². The lowest BCUT2D eigenvalue weighted by Crippen LogP contribution is -1.85. The van der Waals surface area contributed by atoms with Gasteiger partial charge in [-0.15, -0.1) is 6.58 Å². The first-order valence-corrected chi connectivity index (χ1v) is 4.12. The van der Waals surface area contributed by atoms with Gasteiger partial charge in [-0.05, 0) is 24.0 Å². The minimum Gasteiger partial charge on any atom is -0.102 e. The third-order valence-corrected chi connectivity index (χ3v) is 2.46. The quantitative estimate of drug-likeness (QED) is 0.534. The Balaban J connectivity index is 0.000000720. The van der Waals surface area contributed by atoms with Gasteiger partial charge in [0.25, 0.3) is 0 Å². The average molecular weight is 146 g/mol. The molecule has 0 radical (unpaired) electrons.